The van der Waals surface area contributed by atoms with Crippen LogP contribution in [0.25, 0.3) is 10.2 Å². The second kappa shape index (κ2) is 8.56. The van der Waals surface area contributed by atoms with Crippen molar-refractivity contribution in [2.45, 2.75) is 16.8 Å². The summed E-state index contributed by atoms with van der Waals surface area (Å²) in [5.41, 5.74) is 2.77. The zero-order valence-corrected chi connectivity index (χ0v) is 18.4. The first-order chi connectivity index (χ1) is 15.2. The lowest BCUT2D eigenvalue weighted by Gasteiger charge is -2.19. The summed E-state index contributed by atoms with van der Waals surface area (Å²) in [5, 5.41) is 6.23. The van der Waals surface area contributed by atoms with E-state index in [9.17, 15) is 4.79 Å². The monoisotopic (exact) mass is 449 g/mol. The van der Waals surface area contributed by atoms with Crippen molar-refractivity contribution < 1.29 is 13.9 Å². The molecule has 31 heavy (non-hydrogen) atoms. The summed E-state index contributed by atoms with van der Waals surface area (Å²) in [6, 6.07) is 19.2. The number of benzene rings is 2. The summed E-state index contributed by atoms with van der Waals surface area (Å²) >= 11 is 3.04. The molecule has 0 radical (unpaired) electrons. The molecule has 0 aliphatic carbocycles. The zero-order chi connectivity index (χ0) is 21.2. The third-order valence-corrected chi connectivity index (χ3v) is 7.22. The van der Waals surface area contributed by atoms with Gasteiger partial charge in [0.25, 0.3) is 5.91 Å². The van der Waals surface area contributed by atoms with Crippen LogP contribution in [0.15, 0.2) is 80.8 Å². The van der Waals surface area contributed by atoms with Crippen LogP contribution >= 0.6 is 23.1 Å². The van der Waals surface area contributed by atoms with Gasteiger partial charge in [-0.15, -0.1) is 11.3 Å². The lowest BCUT2D eigenvalue weighted by molar-refractivity contribution is -0.130. The molecule has 0 fully saturated rings. The number of hydrogen-bond acceptors (Lipinski definition) is 7. The standard InChI is InChI=1S/C23H19N3O3S2/c1-28-16-10-8-15(9-11-16)18-13-19(20-6-4-12-29-20)26(25-18)22(27)14-30-23-24-17-5-2-3-7-21(17)31-23/h2-12,19H,13-14H2,1H3/t19-/m0/s1. The van der Waals surface area contributed by atoms with Crippen LogP contribution < -0.4 is 4.74 Å². The average molecular weight is 450 g/mol. The van der Waals surface area contributed by atoms with Gasteiger partial charge in [-0.1, -0.05) is 23.9 Å². The quantitative estimate of drug-likeness (QED) is 0.370. The number of amides is 1. The Balaban J connectivity index is 1.36. The number of methoxy groups -OCH3 is 1. The van der Waals surface area contributed by atoms with E-state index < -0.39 is 0 Å². The van der Waals surface area contributed by atoms with Gasteiger partial charge in [-0.2, -0.15) is 5.10 Å². The number of rotatable bonds is 6. The van der Waals surface area contributed by atoms with Crippen LogP contribution in [0.2, 0.25) is 0 Å². The number of carbonyl (C=O) groups is 1. The van der Waals surface area contributed by atoms with Crippen molar-refractivity contribution in [3.8, 4) is 5.75 Å². The molecule has 0 saturated heterocycles. The largest absolute Gasteiger partial charge is 0.497 e. The molecule has 0 N–H and O–H groups in total. The van der Waals surface area contributed by atoms with Gasteiger partial charge in [0.2, 0.25) is 0 Å². The first-order valence-corrected chi connectivity index (χ1v) is 11.6. The van der Waals surface area contributed by atoms with E-state index in [1.165, 1.54) is 11.8 Å². The van der Waals surface area contributed by atoms with Crippen molar-refractivity contribution in [1.29, 1.82) is 0 Å². The fraction of sp³-hybridized carbons (Fsp3) is 0.174. The molecule has 4 aromatic rings. The Bertz CT molecular complexity index is 1200. The van der Waals surface area contributed by atoms with Crippen LogP contribution in [0.5, 0.6) is 5.75 Å². The molecular formula is C23H19N3O3S2. The highest BCUT2D eigenvalue weighted by Crippen LogP contribution is 2.35. The molecule has 0 spiro atoms. The van der Waals surface area contributed by atoms with Crippen molar-refractivity contribution in [1.82, 2.24) is 9.99 Å². The van der Waals surface area contributed by atoms with Crippen LogP contribution in [-0.4, -0.2) is 34.5 Å². The highest BCUT2D eigenvalue weighted by molar-refractivity contribution is 8.01. The zero-order valence-electron chi connectivity index (χ0n) is 16.7. The number of ether oxygens (including phenoxy) is 1. The molecular weight excluding hydrogens is 430 g/mol. The molecule has 0 bridgehead atoms. The molecule has 1 aliphatic heterocycles. The summed E-state index contributed by atoms with van der Waals surface area (Å²) in [6.45, 7) is 0. The third-order valence-electron chi connectivity index (χ3n) is 5.05. The molecule has 0 unspecified atom stereocenters. The molecule has 1 amide bonds. The lowest BCUT2D eigenvalue weighted by atomic mass is 10.0. The number of hydrazone groups is 1. The third kappa shape index (κ3) is 4.08. The smallest absolute Gasteiger partial charge is 0.253 e. The summed E-state index contributed by atoms with van der Waals surface area (Å²) < 4.78 is 12.9. The first kappa shape index (κ1) is 19.8. The van der Waals surface area contributed by atoms with Crippen molar-refractivity contribution in [2.24, 2.45) is 5.10 Å². The summed E-state index contributed by atoms with van der Waals surface area (Å²) in [5.74, 6) is 1.70. The maximum Gasteiger partial charge on any atom is 0.253 e. The van der Waals surface area contributed by atoms with Gasteiger partial charge in [0.05, 0.1) is 35.1 Å². The molecule has 156 valence electrons. The van der Waals surface area contributed by atoms with Crippen LogP contribution in [0, 0.1) is 0 Å². The van der Waals surface area contributed by atoms with Gasteiger partial charge in [0.15, 0.2) is 4.34 Å². The Hall–Kier alpha value is -3.10. The number of thiazole rings is 1. The highest BCUT2D eigenvalue weighted by atomic mass is 32.2. The second-order valence-corrected chi connectivity index (χ2v) is 9.24. The van der Waals surface area contributed by atoms with Crippen LogP contribution in [0.3, 0.4) is 0 Å². The molecule has 8 heteroatoms. The fourth-order valence-corrected chi connectivity index (χ4v) is 5.42. The van der Waals surface area contributed by atoms with Crippen molar-refractivity contribution in [3.63, 3.8) is 0 Å². The summed E-state index contributed by atoms with van der Waals surface area (Å²) in [4.78, 5) is 17.7. The molecule has 5 rings (SSSR count). The molecule has 1 atom stereocenters. The van der Waals surface area contributed by atoms with E-state index in [1.807, 2.05) is 60.7 Å². The Labute approximate surface area is 187 Å². The van der Waals surface area contributed by atoms with Crippen LogP contribution in [0.1, 0.15) is 23.8 Å². The van der Waals surface area contributed by atoms with Crippen molar-refractivity contribution in [2.75, 3.05) is 12.9 Å². The Morgan fingerprint density at radius 3 is 2.77 bits per heavy atom. The van der Waals surface area contributed by atoms with E-state index in [1.54, 1.807) is 29.7 Å². The minimum Gasteiger partial charge on any atom is -0.497 e. The number of nitrogens with zero attached hydrogens (tertiary/aromatic N) is 3. The van der Waals surface area contributed by atoms with E-state index >= 15 is 0 Å². The Kier molecular flexibility index (Phi) is 5.48. The number of para-hydroxylation sites is 1. The van der Waals surface area contributed by atoms with Gasteiger partial charge >= 0.3 is 0 Å². The maximum atomic E-state index is 13.1. The SMILES string of the molecule is COc1ccc(C2=NN(C(=O)CSc3nc4ccccc4s3)[C@H](c3ccco3)C2)cc1. The van der Waals surface area contributed by atoms with Gasteiger partial charge in [-0.25, -0.2) is 9.99 Å². The number of thioether (sulfide) groups is 1. The average Bonchev–Trinajstić information content (AvgIpc) is 3.56. The minimum atomic E-state index is -0.254. The van der Waals surface area contributed by atoms with E-state index in [0.717, 1.165) is 37.3 Å². The Morgan fingerprint density at radius 2 is 2.03 bits per heavy atom. The molecule has 2 aromatic carbocycles. The van der Waals surface area contributed by atoms with E-state index in [2.05, 4.69) is 10.1 Å². The summed E-state index contributed by atoms with van der Waals surface area (Å²) in [7, 11) is 1.64. The number of aromatic nitrogens is 1. The molecule has 6 nitrogen and oxygen atoms in total. The normalized spacial score (nSPS) is 16.0. The second-order valence-electron chi connectivity index (χ2n) is 6.99. The van der Waals surface area contributed by atoms with Gasteiger partial charge in [0, 0.05) is 6.42 Å². The van der Waals surface area contributed by atoms with Crippen LogP contribution in [-0.2, 0) is 4.79 Å². The fourth-order valence-electron chi connectivity index (χ4n) is 3.50. The predicted octanol–water partition coefficient (Wildman–Crippen LogP) is 5.37. The van der Waals surface area contributed by atoms with Gasteiger partial charge in [-0.05, 0) is 54.1 Å². The van der Waals surface area contributed by atoms with Crippen molar-refractivity contribution in [3.05, 3.63) is 78.3 Å². The molecule has 1 aliphatic rings. The molecule has 3 heterocycles. The molecule has 0 saturated carbocycles. The highest BCUT2D eigenvalue weighted by Gasteiger charge is 2.34. The molecule has 2 aromatic heterocycles. The maximum absolute atomic E-state index is 13.1. The number of furan rings is 1. The Morgan fingerprint density at radius 1 is 1.19 bits per heavy atom. The van der Waals surface area contributed by atoms with E-state index in [0.29, 0.717) is 6.42 Å². The van der Waals surface area contributed by atoms with E-state index in [-0.39, 0.29) is 17.7 Å². The lowest BCUT2D eigenvalue weighted by Crippen LogP contribution is -2.28. The van der Waals surface area contributed by atoms with E-state index in [4.69, 9.17) is 9.15 Å². The van der Waals surface area contributed by atoms with Crippen molar-refractivity contribution >= 4 is 44.9 Å². The number of carbonyl (C=O) groups excluding carboxylic acids is 1. The topological polar surface area (TPSA) is 67.9 Å². The first-order valence-electron chi connectivity index (χ1n) is 9.77. The minimum absolute atomic E-state index is 0.0748. The number of hydrogen-bond donors (Lipinski definition) is 0. The predicted molar refractivity (Wildman–Crippen MR) is 123 cm³/mol. The number of fused-ring (bicyclic) bond motifs is 1. The summed E-state index contributed by atoms with van der Waals surface area (Å²) in [6.07, 6.45) is 2.22. The van der Waals surface area contributed by atoms with Gasteiger partial charge in [-0.3, -0.25) is 4.79 Å². The van der Waals surface area contributed by atoms with Gasteiger partial charge < -0.3 is 9.15 Å². The van der Waals surface area contributed by atoms with Crippen LogP contribution in [0.4, 0.5) is 0 Å². The van der Waals surface area contributed by atoms with Gasteiger partial charge in [0.1, 0.15) is 17.6 Å².